The molecule has 0 heterocycles. The third kappa shape index (κ3) is 3.20. The summed E-state index contributed by atoms with van der Waals surface area (Å²) in [5, 5.41) is 0. The van der Waals surface area contributed by atoms with E-state index in [0.29, 0.717) is 5.92 Å². The zero-order valence-electron chi connectivity index (χ0n) is 13.0. The standard InChI is InChI=1S/C21H20O/c1-16(2)20-14-13-18(17-9-5-3-6-10-17)15-21(20)22-19-11-7-4-8-12-19/h3-16H,1-2H3. The van der Waals surface area contributed by atoms with Crippen LogP contribution in [-0.2, 0) is 0 Å². The Bertz CT molecular complexity index is 730. The molecule has 0 bridgehead atoms. The molecule has 0 aromatic heterocycles. The van der Waals surface area contributed by atoms with Crippen molar-refractivity contribution >= 4 is 0 Å². The van der Waals surface area contributed by atoms with Crippen molar-refractivity contribution in [2.75, 3.05) is 0 Å². The monoisotopic (exact) mass is 288 g/mol. The minimum absolute atomic E-state index is 0.420. The van der Waals surface area contributed by atoms with Gasteiger partial charge in [0.25, 0.3) is 0 Å². The number of para-hydroxylation sites is 1. The largest absolute Gasteiger partial charge is 0.457 e. The normalized spacial score (nSPS) is 10.7. The molecule has 0 saturated carbocycles. The van der Waals surface area contributed by atoms with E-state index < -0.39 is 0 Å². The van der Waals surface area contributed by atoms with Crippen molar-refractivity contribution < 1.29 is 4.74 Å². The van der Waals surface area contributed by atoms with Crippen LogP contribution in [-0.4, -0.2) is 0 Å². The van der Waals surface area contributed by atoms with Gasteiger partial charge in [0.15, 0.2) is 0 Å². The van der Waals surface area contributed by atoms with Crippen LogP contribution in [0.4, 0.5) is 0 Å². The zero-order valence-corrected chi connectivity index (χ0v) is 13.0. The molecule has 1 nitrogen and oxygen atoms in total. The lowest BCUT2D eigenvalue weighted by Crippen LogP contribution is -1.94. The average molecular weight is 288 g/mol. The van der Waals surface area contributed by atoms with Crippen LogP contribution >= 0.6 is 0 Å². The number of rotatable bonds is 4. The quantitative estimate of drug-likeness (QED) is 0.549. The van der Waals surface area contributed by atoms with E-state index >= 15 is 0 Å². The van der Waals surface area contributed by atoms with Crippen molar-refractivity contribution in [1.82, 2.24) is 0 Å². The molecule has 3 aromatic rings. The summed E-state index contributed by atoms with van der Waals surface area (Å²) in [6, 6.07) is 26.8. The fourth-order valence-electron chi connectivity index (χ4n) is 2.53. The summed E-state index contributed by atoms with van der Waals surface area (Å²) in [6.07, 6.45) is 0. The number of hydrogen-bond acceptors (Lipinski definition) is 1. The van der Waals surface area contributed by atoms with Crippen molar-refractivity contribution in [3.63, 3.8) is 0 Å². The van der Waals surface area contributed by atoms with Crippen molar-refractivity contribution in [3.05, 3.63) is 84.4 Å². The zero-order chi connectivity index (χ0) is 15.4. The predicted octanol–water partition coefficient (Wildman–Crippen LogP) is 6.27. The van der Waals surface area contributed by atoms with Crippen molar-refractivity contribution in [2.45, 2.75) is 19.8 Å². The third-order valence-corrected chi connectivity index (χ3v) is 3.71. The fourth-order valence-corrected chi connectivity index (χ4v) is 2.53. The van der Waals surface area contributed by atoms with Gasteiger partial charge in [0.1, 0.15) is 11.5 Å². The number of hydrogen-bond donors (Lipinski definition) is 0. The molecule has 22 heavy (non-hydrogen) atoms. The van der Waals surface area contributed by atoms with Crippen molar-refractivity contribution in [3.8, 4) is 22.6 Å². The van der Waals surface area contributed by atoms with E-state index in [0.717, 1.165) is 11.5 Å². The van der Waals surface area contributed by atoms with Crippen LogP contribution < -0.4 is 4.74 Å². The highest BCUT2D eigenvalue weighted by Crippen LogP contribution is 2.34. The molecule has 110 valence electrons. The van der Waals surface area contributed by atoms with Gasteiger partial charge in [-0.3, -0.25) is 0 Å². The smallest absolute Gasteiger partial charge is 0.131 e. The second-order valence-electron chi connectivity index (χ2n) is 5.69. The molecule has 0 aliphatic rings. The molecule has 0 saturated heterocycles. The molecule has 0 N–H and O–H groups in total. The Kier molecular flexibility index (Phi) is 4.24. The van der Waals surface area contributed by atoms with E-state index in [-0.39, 0.29) is 0 Å². The van der Waals surface area contributed by atoms with E-state index in [2.05, 4.69) is 56.3 Å². The summed E-state index contributed by atoms with van der Waals surface area (Å²) in [5.41, 5.74) is 3.61. The van der Waals surface area contributed by atoms with Gasteiger partial charge < -0.3 is 4.74 Å². The molecule has 0 aliphatic carbocycles. The maximum Gasteiger partial charge on any atom is 0.131 e. The lowest BCUT2D eigenvalue weighted by molar-refractivity contribution is 0.473. The molecule has 0 radical (unpaired) electrons. The number of benzene rings is 3. The van der Waals surface area contributed by atoms with Crippen LogP contribution in [0.15, 0.2) is 78.9 Å². The van der Waals surface area contributed by atoms with E-state index in [1.54, 1.807) is 0 Å². The topological polar surface area (TPSA) is 9.23 Å². The molecule has 1 heteroatoms. The van der Waals surface area contributed by atoms with Gasteiger partial charge >= 0.3 is 0 Å². The molecule has 3 rings (SSSR count). The fraction of sp³-hybridized carbons (Fsp3) is 0.143. The Morgan fingerprint density at radius 3 is 1.95 bits per heavy atom. The highest BCUT2D eigenvalue weighted by atomic mass is 16.5. The van der Waals surface area contributed by atoms with E-state index in [1.165, 1.54) is 16.7 Å². The van der Waals surface area contributed by atoms with E-state index in [1.807, 2.05) is 36.4 Å². The van der Waals surface area contributed by atoms with Gasteiger partial charge in [-0.1, -0.05) is 74.5 Å². The molecule has 0 unspecified atom stereocenters. The summed E-state index contributed by atoms with van der Waals surface area (Å²) in [7, 11) is 0. The predicted molar refractivity (Wildman–Crippen MR) is 92.5 cm³/mol. The summed E-state index contributed by atoms with van der Waals surface area (Å²) >= 11 is 0. The molecular weight excluding hydrogens is 268 g/mol. The molecule has 0 spiro atoms. The first-order valence-corrected chi connectivity index (χ1v) is 7.66. The number of ether oxygens (including phenoxy) is 1. The molecule has 0 atom stereocenters. The van der Waals surface area contributed by atoms with Gasteiger partial charge in [0, 0.05) is 0 Å². The van der Waals surface area contributed by atoms with Gasteiger partial charge in [-0.15, -0.1) is 0 Å². The van der Waals surface area contributed by atoms with E-state index in [4.69, 9.17) is 4.74 Å². The van der Waals surface area contributed by atoms with Crippen LogP contribution in [0.3, 0.4) is 0 Å². The Morgan fingerprint density at radius 2 is 1.32 bits per heavy atom. The Hall–Kier alpha value is -2.54. The summed E-state index contributed by atoms with van der Waals surface area (Å²) in [6.45, 7) is 4.38. The second-order valence-corrected chi connectivity index (χ2v) is 5.69. The van der Waals surface area contributed by atoms with Gasteiger partial charge in [0.2, 0.25) is 0 Å². The molecule has 0 amide bonds. The average Bonchev–Trinajstić information content (AvgIpc) is 2.56. The van der Waals surface area contributed by atoms with Crippen LogP contribution in [0.2, 0.25) is 0 Å². The molecule has 0 fully saturated rings. The summed E-state index contributed by atoms with van der Waals surface area (Å²) < 4.78 is 6.13. The van der Waals surface area contributed by atoms with Crippen molar-refractivity contribution in [1.29, 1.82) is 0 Å². The van der Waals surface area contributed by atoms with Crippen LogP contribution in [0, 0.1) is 0 Å². The maximum atomic E-state index is 6.13. The van der Waals surface area contributed by atoms with Gasteiger partial charge in [-0.25, -0.2) is 0 Å². The Labute approximate surface area is 132 Å². The summed E-state index contributed by atoms with van der Waals surface area (Å²) in [5.74, 6) is 2.22. The second kappa shape index (κ2) is 6.48. The van der Waals surface area contributed by atoms with Gasteiger partial charge in [-0.05, 0) is 40.8 Å². The first kappa shape index (κ1) is 14.4. The minimum Gasteiger partial charge on any atom is -0.457 e. The van der Waals surface area contributed by atoms with Crippen LogP contribution in [0.5, 0.6) is 11.5 Å². The summed E-state index contributed by atoms with van der Waals surface area (Å²) in [4.78, 5) is 0. The van der Waals surface area contributed by atoms with E-state index in [9.17, 15) is 0 Å². The Balaban J connectivity index is 2.01. The third-order valence-electron chi connectivity index (χ3n) is 3.71. The minimum atomic E-state index is 0.420. The Morgan fingerprint density at radius 1 is 0.682 bits per heavy atom. The highest BCUT2D eigenvalue weighted by Gasteiger charge is 2.10. The highest BCUT2D eigenvalue weighted by molar-refractivity contribution is 5.66. The maximum absolute atomic E-state index is 6.13. The molecule has 0 aliphatic heterocycles. The lowest BCUT2D eigenvalue weighted by atomic mass is 9.97. The SMILES string of the molecule is CC(C)c1ccc(-c2ccccc2)cc1Oc1ccccc1. The molecule has 3 aromatic carbocycles. The van der Waals surface area contributed by atoms with Crippen LogP contribution in [0.1, 0.15) is 25.3 Å². The molecular formula is C21H20O. The van der Waals surface area contributed by atoms with Crippen molar-refractivity contribution in [2.24, 2.45) is 0 Å². The van der Waals surface area contributed by atoms with Gasteiger partial charge in [-0.2, -0.15) is 0 Å². The van der Waals surface area contributed by atoms with Crippen LogP contribution in [0.25, 0.3) is 11.1 Å². The van der Waals surface area contributed by atoms with Gasteiger partial charge in [0.05, 0.1) is 0 Å². The lowest BCUT2D eigenvalue weighted by Gasteiger charge is -2.15. The first-order chi connectivity index (χ1) is 10.7. The first-order valence-electron chi connectivity index (χ1n) is 7.66.